The first-order chi connectivity index (χ1) is 8.58. The molecule has 0 bridgehead atoms. The monoisotopic (exact) mass is 247 g/mol. The summed E-state index contributed by atoms with van der Waals surface area (Å²) in [5, 5.41) is 0. The Bertz CT molecular complexity index is 439. The van der Waals surface area contributed by atoms with Gasteiger partial charge >= 0.3 is 0 Å². The molecule has 0 aromatic heterocycles. The van der Waals surface area contributed by atoms with Crippen molar-refractivity contribution in [1.82, 2.24) is 0 Å². The highest BCUT2D eigenvalue weighted by Gasteiger charge is 2.19. The predicted molar refractivity (Wildman–Crippen MR) is 74.6 cm³/mol. The molecule has 1 aromatic rings. The average molecular weight is 247 g/mol. The number of nitrogen functional groups attached to an aromatic ring is 1. The number of anilines is 2. The lowest BCUT2D eigenvalue weighted by atomic mass is 10.1. The molecule has 1 saturated carbocycles. The number of hydrogen-bond acceptors (Lipinski definition) is 3. The minimum Gasteiger partial charge on any atom is -0.399 e. The standard InChI is InChI=1S/C14H21N3O/c1-17(9-10-4-2-3-5-10)13-7-6-11(15)8-12(13)14(16)18/h6-8,10H,2-5,9,15H2,1H3,(H2,16,18). The molecule has 1 amide bonds. The summed E-state index contributed by atoms with van der Waals surface area (Å²) in [5.41, 5.74) is 13.1. The predicted octanol–water partition coefficient (Wildman–Crippen LogP) is 1.99. The summed E-state index contributed by atoms with van der Waals surface area (Å²) in [6, 6.07) is 5.35. The Morgan fingerprint density at radius 1 is 1.39 bits per heavy atom. The first-order valence-electron chi connectivity index (χ1n) is 6.48. The first-order valence-corrected chi connectivity index (χ1v) is 6.48. The van der Waals surface area contributed by atoms with E-state index < -0.39 is 5.91 Å². The van der Waals surface area contributed by atoms with E-state index in [0.717, 1.165) is 18.2 Å². The highest BCUT2D eigenvalue weighted by molar-refractivity contribution is 5.99. The second kappa shape index (κ2) is 5.29. The van der Waals surface area contributed by atoms with Gasteiger partial charge in [0.25, 0.3) is 5.91 Å². The molecule has 0 saturated heterocycles. The van der Waals surface area contributed by atoms with Crippen LogP contribution in [0.3, 0.4) is 0 Å². The van der Waals surface area contributed by atoms with Gasteiger partial charge in [0, 0.05) is 25.0 Å². The topological polar surface area (TPSA) is 72.3 Å². The van der Waals surface area contributed by atoms with Gasteiger partial charge in [-0.2, -0.15) is 0 Å². The molecule has 4 N–H and O–H groups in total. The molecule has 0 aliphatic heterocycles. The van der Waals surface area contributed by atoms with Crippen LogP contribution in [0.25, 0.3) is 0 Å². The molecule has 0 radical (unpaired) electrons. The summed E-state index contributed by atoms with van der Waals surface area (Å²) < 4.78 is 0. The van der Waals surface area contributed by atoms with Gasteiger partial charge in [-0.3, -0.25) is 4.79 Å². The number of carbonyl (C=O) groups excluding carboxylic acids is 1. The van der Waals surface area contributed by atoms with Crippen molar-refractivity contribution >= 4 is 17.3 Å². The van der Waals surface area contributed by atoms with E-state index >= 15 is 0 Å². The van der Waals surface area contributed by atoms with Crippen LogP contribution in [0.2, 0.25) is 0 Å². The van der Waals surface area contributed by atoms with Crippen LogP contribution in [0.15, 0.2) is 18.2 Å². The molecule has 18 heavy (non-hydrogen) atoms. The highest BCUT2D eigenvalue weighted by atomic mass is 16.1. The third kappa shape index (κ3) is 2.75. The Kier molecular flexibility index (Phi) is 3.75. The van der Waals surface area contributed by atoms with Crippen molar-refractivity contribution in [3.63, 3.8) is 0 Å². The molecule has 1 aromatic carbocycles. The molecule has 4 nitrogen and oxygen atoms in total. The van der Waals surface area contributed by atoms with Crippen LogP contribution in [0.1, 0.15) is 36.0 Å². The van der Waals surface area contributed by atoms with Crippen LogP contribution in [0.5, 0.6) is 0 Å². The van der Waals surface area contributed by atoms with Gasteiger partial charge in [0.2, 0.25) is 0 Å². The van der Waals surface area contributed by atoms with Crippen LogP contribution in [-0.2, 0) is 0 Å². The first kappa shape index (κ1) is 12.7. The van der Waals surface area contributed by atoms with E-state index in [4.69, 9.17) is 11.5 Å². The van der Waals surface area contributed by atoms with Crippen molar-refractivity contribution < 1.29 is 4.79 Å². The van der Waals surface area contributed by atoms with E-state index in [-0.39, 0.29) is 0 Å². The summed E-state index contributed by atoms with van der Waals surface area (Å²) in [4.78, 5) is 13.6. The quantitative estimate of drug-likeness (QED) is 0.799. The van der Waals surface area contributed by atoms with Gasteiger partial charge in [0.1, 0.15) is 0 Å². The van der Waals surface area contributed by atoms with Crippen molar-refractivity contribution in [3.05, 3.63) is 23.8 Å². The molecule has 1 aliphatic rings. The maximum atomic E-state index is 11.5. The third-order valence-corrected chi connectivity index (χ3v) is 3.70. The molecule has 2 rings (SSSR count). The molecule has 0 heterocycles. The fourth-order valence-corrected chi connectivity index (χ4v) is 2.76. The maximum Gasteiger partial charge on any atom is 0.250 e. The fraction of sp³-hybridized carbons (Fsp3) is 0.500. The van der Waals surface area contributed by atoms with Gasteiger partial charge in [-0.15, -0.1) is 0 Å². The fourth-order valence-electron chi connectivity index (χ4n) is 2.76. The second-order valence-electron chi connectivity index (χ2n) is 5.17. The Balaban J connectivity index is 2.17. The minimum atomic E-state index is -0.421. The number of nitrogens with zero attached hydrogens (tertiary/aromatic N) is 1. The summed E-state index contributed by atoms with van der Waals surface area (Å²) in [6.07, 6.45) is 5.21. The van der Waals surface area contributed by atoms with E-state index in [0.29, 0.717) is 11.3 Å². The van der Waals surface area contributed by atoms with Crippen LogP contribution in [0.4, 0.5) is 11.4 Å². The van der Waals surface area contributed by atoms with Crippen LogP contribution < -0.4 is 16.4 Å². The van der Waals surface area contributed by atoms with Crippen LogP contribution >= 0.6 is 0 Å². The van der Waals surface area contributed by atoms with Crippen molar-refractivity contribution in [1.29, 1.82) is 0 Å². The number of rotatable bonds is 4. The zero-order valence-electron chi connectivity index (χ0n) is 10.9. The maximum absolute atomic E-state index is 11.5. The van der Waals surface area contributed by atoms with Crippen molar-refractivity contribution in [2.45, 2.75) is 25.7 Å². The summed E-state index contributed by atoms with van der Waals surface area (Å²) in [7, 11) is 2.01. The van der Waals surface area contributed by atoms with Crippen molar-refractivity contribution in [3.8, 4) is 0 Å². The van der Waals surface area contributed by atoms with Gasteiger partial charge in [-0.1, -0.05) is 12.8 Å². The summed E-state index contributed by atoms with van der Waals surface area (Å²) in [5.74, 6) is 0.309. The molecule has 1 aliphatic carbocycles. The second-order valence-corrected chi connectivity index (χ2v) is 5.17. The number of amides is 1. The van der Waals surface area contributed by atoms with Crippen LogP contribution in [-0.4, -0.2) is 19.5 Å². The molecule has 4 heteroatoms. The molecule has 1 fully saturated rings. The number of hydrogen-bond donors (Lipinski definition) is 2. The van der Waals surface area contributed by atoms with Gasteiger partial charge in [0.15, 0.2) is 0 Å². The van der Waals surface area contributed by atoms with Gasteiger partial charge in [-0.25, -0.2) is 0 Å². The number of carbonyl (C=O) groups is 1. The Hall–Kier alpha value is -1.71. The number of benzene rings is 1. The third-order valence-electron chi connectivity index (χ3n) is 3.70. The zero-order chi connectivity index (χ0) is 13.1. The van der Waals surface area contributed by atoms with Gasteiger partial charge in [-0.05, 0) is 37.0 Å². The molecular weight excluding hydrogens is 226 g/mol. The smallest absolute Gasteiger partial charge is 0.250 e. The lowest BCUT2D eigenvalue weighted by molar-refractivity contribution is 0.100. The molecule has 0 unspecified atom stereocenters. The Morgan fingerprint density at radius 3 is 2.67 bits per heavy atom. The Labute approximate surface area is 108 Å². The minimum absolute atomic E-state index is 0.421. The number of nitrogens with two attached hydrogens (primary N) is 2. The van der Waals surface area contributed by atoms with Crippen molar-refractivity contribution in [2.24, 2.45) is 11.7 Å². The van der Waals surface area contributed by atoms with E-state index in [1.807, 2.05) is 19.2 Å². The van der Waals surface area contributed by atoms with Gasteiger partial charge in [0.05, 0.1) is 5.56 Å². The summed E-state index contributed by atoms with van der Waals surface area (Å²) >= 11 is 0. The van der Waals surface area contributed by atoms with E-state index in [2.05, 4.69) is 4.90 Å². The van der Waals surface area contributed by atoms with Gasteiger partial charge < -0.3 is 16.4 Å². The lowest BCUT2D eigenvalue weighted by Gasteiger charge is -2.25. The molecule has 0 spiro atoms. The number of primary amides is 1. The van der Waals surface area contributed by atoms with E-state index in [9.17, 15) is 4.79 Å². The lowest BCUT2D eigenvalue weighted by Crippen LogP contribution is -2.27. The Morgan fingerprint density at radius 2 is 2.06 bits per heavy atom. The molecular formula is C14H21N3O. The van der Waals surface area contributed by atoms with E-state index in [1.165, 1.54) is 25.7 Å². The SMILES string of the molecule is CN(CC1CCCC1)c1ccc(N)cc1C(N)=O. The molecule has 98 valence electrons. The van der Waals surface area contributed by atoms with Crippen LogP contribution in [0, 0.1) is 5.92 Å². The highest BCUT2D eigenvalue weighted by Crippen LogP contribution is 2.28. The zero-order valence-corrected chi connectivity index (χ0v) is 10.9. The summed E-state index contributed by atoms with van der Waals surface area (Å²) in [6.45, 7) is 0.976. The van der Waals surface area contributed by atoms with Crippen molar-refractivity contribution in [2.75, 3.05) is 24.2 Å². The largest absolute Gasteiger partial charge is 0.399 e. The van der Waals surface area contributed by atoms with E-state index in [1.54, 1.807) is 6.07 Å². The molecule has 0 atom stereocenters. The normalized spacial score (nSPS) is 15.8. The average Bonchev–Trinajstić information content (AvgIpc) is 2.81.